The Hall–Kier alpha value is -3.11. The monoisotopic (exact) mass is 497 g/mol. The Morgan fingerprint density at radius 2 is 1.83 bits per heavy atom. The van der Waals surface area contributed by atoms with Gasteiger partial charge in [0.25, 0.3) is 5.91 Å². The molecule has 3 aromatic rings. The second-order valence-electron chi connectivity index (χ2n) is 8.49. The summed E-state index contributed by atoms with van der Waals surface area (Å²) in [5.74, 6) is 1.61. The van der Waals surface area contributed by atoms with Crippen molar-refractivity contribution in [2.75, 3.05) is 45.3 Å². The largest absolute Gasteiger partial charge is 0.493 e. The van der Waals surface area contributed by atoms with Crippen LogP contribution in [0.2, 0.25) is 0 Å². The molecule has 5 rings (SSSR count). The summed E-state index contributed by atoms with van der Waals surface area (Å²) in [7, 11) is 3.20. The molecule has 0 N–H and O–H groups in total. The number of anilines is 1. The van der Waals surface area contributed by atoms with Crippen molar-refractivity contribution < 1.29 is 18.7 Å². The van der Waals surface area contributed by atoms with E-state index >= 15 is 0 Å². The van der Waals surface area contributed by atoms with Crippen molar-refractivity contribution in [1.82, 2.24) is 19.7 Å². The Kier molecular flexibility index (Phi) is 6.66. The summed E-state index contributed by atoms with van der Waals surface area (Å²) in [6.07, 6.45) is 0.676. The molecule has 1 aromatic heterocycles. The van der Waals surface area contributed by atoms with Crippen LogP contribution in [-0.4, -0.2) is 71.2 Å². The number of halogens is 1. The number of hydrogen-bond acceptors (Lipinski definition) is 8. The van der Waals surface area contributed by atoms with Gasteiger partial charge in [0.15, 0.2) is 22.5 Å². The van der Waals surface area contributed by atoms with E-state index in [1.54, 1.807) is 20.3 Å². The number of piperazine rings is 1. The quantitative estimate of drug-likeness (QED) is 0.490. The molecule has 8 nitrogen and oxygen atoms in total. The first-order chi connectivity index (χ1) is 17.0. The number of hydrogen-bond donors (Lipinski definition) is 0. The van der Waals surface area contributed by atoms with Crippen LogP contribution in [0, 0.1) is 5.82 Å². The number of methoxy groups -OCH3 is 2. The molecule has 2 unspecified atom stereocenters. The zero-order valence-electron chi connectivity index (χ0n) is 20.0. The number of aromatic nitrogens is 3. The van der Waals surface area contributed by atoms with Gasteiger partial charge in [0, 0.05) is 32.6 Å². The van der Waals surface area contributed by atoms with Crippen molar-refractivity contribution in [1.29, 1.82) is 0 Å². The molecule has 1 saturated heterocycles. The lowest BCUT2D eigenvalue weighted by molar-refractivity contribution is 0.0829. The van der Waals surface area contributed by atoms with E-state index in [2.05, 4.69) is 19.9 Å². The molecule has 0 aliphatic carbocycles. The van der Waals surface area contributed by atoms with Crippen LogP contribution in [-0.2, 0) is 6.42 Å². The third kappa shape index (κ3) is 4.36. The van der Waals surface area contributed by atoms with E-state index in [4.69, 9.17) is 9.47 Å². The van der Waals surface area contributed by atoms with Crippen molar-refractivity contribution in [2.45, 2.75) is 29.8 Å². The molecular formula is C25H28FN5O3S. The van der Waals surface area contributed by atoms with Crippen LogP contribution in [0.5, 0.6) is 11.5 Å². The molecule has 2 aliphatic heterocycles. The van der Waals surface area contributed by atoms with Crippen molar-refractivity contribution in [3.05, 3.63) is 59.7 Å². The van der Waals surface area contributed by atoms with Gasteiger partial charge in [-0.15, -0.1) is 5.10 Å². The van der Waals surface area contributed by atoms with Crippen LogP contribution in [0.1, 0.15) is 29.1 Å². The first kappa shape index (κ1) is 23.6. The van der Waals surface area contributed by atoms with E-state index in [1.807, 2.05) is 37.3 Å². The number of carbonyl (C=O) groups is 1. The summed E-state index contributed by atoms with van der Waals surface area (Å²) in [5.41, 5.74) is 1.56. The number of carbonyl (C=O) groups excluding carboxylic acids is 1. The van der Waals surface area contributed by atoms with Crippen molar-refractivity contribution in [3.8, 4) is 11.5 Å². The molecule has 1 fully saturated rings. The molecule has 2 atom stereocenters. The Labute approximate surface area is 208 Å². The summed E-state index contributed by atoms with van der Waals surface area (Å²) < 4.78 is 26.8. The van der Waals surface area contributed by atoms with Gasteiger partial charge in [0.2, 0.25) is 0 Å². The van der Waals surface area contributed by atoms with Crippen LogP contribution in [0.4, 0.5) is 10.1 Å². The zero-order valence-corrected chi connectivity index (χ0v) is 20.8. The minimum absolute atomic E-state index is 0.0754. The molecule has 2 aliphatic rings. The van der Waals surface area contributed by atoms with Gasteiger partial charge >= 0.3 is 0 Å². The number of aryl methyl sites for hydroxylation is 1. The summed E-state index contributed by atoms with van der Waals surface area (Å²) in [4.78, 5) is 22.4. The van der Waals surface area contributed by atoms with Crippen LogP contribution in [0.3, 0.4) is 0 Å². The van der Waals surface area contributed by atoms with E-state index in [9.17, 15) is 9.18 Å². The van der Waals surface area contributed by atoms with E-state index in [0.717, 1.165) is 5.56 Å². The Bertz CT molecular complexity index is 1230. The second kappa shape index (κ2) is 9.87. The number of ether oxygens (including phenoxy) is 2. The number of benzene rings is 2. The van der Waals surface area contributed by atoms with Gasteiger partial charge in [0.1, 0.15) is 11.1 Å². The van der Waals surface area contributed by atoms with E-state index in [0.29, 0.717) is 60.8 Å². The maximum atomic E-state index is 14.4. The van der Waals surface area contributed by atoms with Crippen molar-refractivity contribution >= 4 is 23.4 Å². The molecule has 0 saturated carbocycles. The molecular weight excluding hydrogens is 469 g/mol. The fourth-order valence-electron chi connectivity index (χ4n) is 4.75. The average Bonchev–Trinajstić information content (AvgIpc) is 3.43. The summed E-state index contributed by atoms with van der Waals surface area (Å²) in [6, 6.07) is 12.4. The normalized spacial score (nSPS) is 19.0. The molecule has 184 valence electrons. The Morgan fingerprint density at radius 1 is 1.09 bits per heavy atom. The predicted molar refractivity (Wildman–Crippen MR) is 132 cm³/mol. The highest BCUT2D eigenvalue weighted by atomic mass is 32.2. The number of nitrogens with zero attached hydrogens (tertiary/aromatic N) is 5. The predicted octanol–water partition coefficient (Wildman–Crippen LogP) is 3.67. The van der Waals surface area contributed by atoms with E-state index < -0.39 is 5.25 Å². The lowest BCUT2D eigenvalue weighted by Crippen LogP contribution is -2.50. The Morgan fingerprint density at radius 3 is 2.49 bits per heavy atom. The fourth-order valence-corrected chi connectivity index (χ4v) is 6.03. The summed E-state index contributed by atoms with van der Waals surface area (Å²) in [5, 5.41) is 4.63. The fraction of sp³-hybridized carbons (Fsp3) is 0.400. The molecule has 2 aromatic carbocycles. The van der Waals surface area contributed by atoms with Gasteiger partial charge in [-0.25, -0.2) is 9.37 Å². The van der Waals surface area contributed by atoms with Crippen LogP contribution in [0.15, 0.2) is 47.6 Å². The minimum Gasteiger partial charge on any atom is -0.493 e. The summed E-state index contributed by atoms with van der Waals surface area (Å²) in [6.45, 7) is 4.62. The molecule has 0 radical (unpaired) electrons. The highest BCUT2D eigenvalue weighted by Crippen LogP contribution is 2.43. The lowest BCUT2D eigenvalue weighted by Gasteiger charge is -2.41. The number of thioether (sulfide) groups is 1. The first-order valence-corrected chi connectivity index (χ1v) is 12.5. The SMILES string of the molecule is CCc1nc2n(n1)C(=O)C(C(c1ccc(OC)c(OC)c1)N1CCN(c3ccccc3F)CC1)S2. The molecule has 10 heteroatoms. The molecule has 0 amide bonds. The molecule has 0 spiro atoms. The first-order valence-electron chi connectivity index (χ1n) is 11.7. The maximum Gasteiger partial charge on any atom is 0.264 e. The molecule has 0 bridgehead atoms. The van der Waals surface area contributed by atoms with Gasteiger partial charge in [-0.3, -0.25) is 9.69 Å². The Balaban J connectivity index is 1.45. The van der Waals surface area contributed by atoms with Crippen molar-refractivity contribution in [2.24, 2.45) is 0 Å². The highest BCUT2D eigenvalue weighted by molar-refractivity contribution is 8.00. The lowest BCUT2D eigenvalue weighted by atomic mass is 9.99. The highest BCUT2D eigenvalue weighted by Gasteiger charge is 2.44. The molecule has 3 heterocycles. The maximum absolute atomic E-state index is 14.4. The molecule has 35 heavy (non-hydrogen) atoms. The number of fused-ring (bicyclic) bond motifs is 1. The third-order valence-corrected chi connectivity index (χ3v) is 7.75. The van der Waals surface area contributed by atoms with Crippen LogP contribution >= 0.6 is 11.8 Å². The van der Waals surface area contributed by atoms with E-state index in [1.165, 1.54) is 22.5 Å². The number of rotatable bonds is 7. The topological polar surface area (TPSA) is 72.7 Å². The summed E-state index contributed by atoms with van der Waals surface area (Å²) >= 11 is 1.45. The minimum atomic E-state index is -0.408. The van der Waals surface area contributed by atoms with Crippen molar-refractivity contribution in [3.63, 3.8) is 0 Å². The van der Waals surface area contributed by atoms with Gasteiger partial charge < -0.3 is 14.4 Å². The van der Waals surface area contributed by atoms with Gasteiger partial charge in [-0.1, -0.05) is 36.9 Å². The smallest absolute Gasteiger partial charge is 0.264 e. The van der Waals surface area contributed by atoms with E-state index in [-0.39, 0.29) is 17.8 Å². The van der Waals surface area contributed by atoms with Crippen LogP contribution < -0.4 is 14.4 Å². The van der Waals surface area contributed by atoms with Gasteiger partial charge in [-0.2, -0.15) is 4.68 Å². The zero-order chi connectivity index (χ0) is 24.5. The number of para-hydroxylation sites is 1. The van der Waals surface area contributed by atoms with Gasteiger partial charge in [-0.05, 0) is 29.8 Å². The van der Waals surface area contributed by atoms with Gasteiger partial charge in [0.05, 0.1) is 25.9 Å². The second-order valence-corrected chi connectivity index (χ2v) is 9.60. The third-order valence-electron chi connectivity index (χ3n) is 6.56. The van der Waals surface area contributed by atoms with Crippen LogP contribution in [0.25, 0.3) is 0 Å². The standard InChI is InChI=1S/C25H28FN5O3S/c1-4-21-27-25-31(28-21)24(32)23(35-25)22(16-9-10-19(33-2)20(15-16)34-3)30-13-11-29(12-14-30)18-8-6-5-7-17(18)26/h5-10,15,22-23H,4,11-14H2,1-3H3. The average molecular weight is 498 g/mol.